The Kier molecular flexibility index (Phi) is 3.96. The van der Waals surface area contributed by atoms with E-state index in [1.807, 2.05) is 0 Å². The predicted octanol–water partition coefficient (Wildman–Crippen LogP) is 2.10. The van der Waals surface area contributed by atoms with Crippen molar-refractivity contribution in [3.8, 4) is 0 Å². The number of piperazine rings is 1. The normalized spacial score (nSPS) is 32.1. The quantitative estimate of drug-likeness (QED) is 0.747. The number of nitrogens with one attached hydrogen (secondary N) is 1. The van der Waals surface area contributed by atoms with E-state index < -0.39 is 0 Å². The summed E-state index contributed by atoms with van der Waals surface area (Å²) >= 11 is 0. The molecule has 0 aromatic carbocycles. The van der Waals surface area contributed by atoms with Crippen LogP contribution in [0.2, 0.25) is 0 Å². The van der Waals surface area contributed by atoms with Crippen molar-refractivity contribution in [1.29, 1.82) is 0 Å². The molecule has 1 N–H and O–H groups in total. The van der Waals surface area contributed by atoms with Crippen molar-refractivity contribution in [2.24, 2.45) is 5.92 Å². The molecule has 2 atom stereocenters. The number of nitrogens with zero attached hydrogens (tertiary/aromatic N) is 1. The van der Waals surface area contributed by atoms with Crippen molar-refractivity contribution >= 4 is 0 Å². The Bertz CT molecular complexity index is 179. The van der Waals surface area contributed by atoms with Crippen LogP contribution in [0.4, 0.5) is 0 Å². The van der Waals surface area contributed by atoms with E-state index in [-0.39, 0.29) is 0 Å². The average Bonchev–Trinajstić information content (AvgIpc) is 2.17. The second-order valence-electron chi connectivity index (χ2n) is 5.21. The third-order valence-corrected chi connectivity index (χ3v) is 3.95. The second-order valence-corrected chi connectivity index (χ2v) is 5.21. The third-order valence-electron chi connectivity index (χ3n) is 3.95. The molecule has 0 saturated carbocycles. The summed E-state index contributed by atoms with van der Waals surface area (Å²) in [4.78, 5) is 2.69. The lowest BCUT2D eigenvalue weighted by molar-refractivity contribution is 0.0182. The first kappa shape index (κ1) is 12.0. The molecule has 1 fully saturated rings. The Hall–Kier alpha value is -0.0800. The fraction of sp³-hybridized carbons (Fsp3) is 1.00. The van der Waals surface area contributed by atoms with Gasteiger partial charge in [-0.15, -0.1) is 0 Å². The summed E-state index contributed by atoms with van der Waals surface area (Å²) in [6.07, 6.45) is 1.23. The van der Waals surface area contributed by atoms with Gasteiger partial charge >= 0.3 is 0 Å². The van der Waals surface area contributed by atoms with Crippen LogP contribution in [0.3, 0.4) is 0 Å². The highest BCUT2D eigenvalue weighted by Gasteiger charge is 2.36. The van der Waals surface area contributed by atoms with Gasteiger partial charge in [0.25, 0.3) is 0 Å². The molecule has 1 aliphatic heterocycles. The predicted molar refractivity (Wildman–Crippen MR) is 62.6 cm³/mol. The molecular weight excluding hydrogens is 172 g/mol. The van der Waals surface area contributed by atoms with Crippen LogP contribution in [0.1, 0.15) is 41.0 Å². The van der Waals surface area contributed by atoms with E-state index >= 15 is 0 Å². The van der Waals surface area contributed by atoms with E-state index in [9.17, 15) is 0 Å². The summed E-state index contributed by atoms with van der Waals surface area (Å²) in [7, 11) is 0. The molecule has 2 nitrogen and oxygen atoms in total. The van der Waals surface area contributed by atoms with Gasteiger partial charge in [-0.3, -0.25) is 4.90 Å². The molecule has 0 bridgehead atoms. The van der Waals surface area contributed by atoms with Gasteiger partial charge in [0.15, 0.2) is 0 Å². The Morgan fingerprint density at radius 3 is 2.50 bits per heavy atom. The fourth-order valence-corrected chi connectivity index (χ4v) is 2.31. The summed E-state index contributed by atoms with van der Waals surface area (Å²) in [6.45, 7) is 15.2. The van der Waals surface area contributed by atoms with Crippen molar-refractivity contribution in [2.45, 2.75) is 52.6 Å². The minimum absolute atomic E-state index is 0.363. The van der Waals surface area contributed by atoms with Gasteiger partial charge in [0.2, 0.25) is 0 Å². The molecule has 0 radical (unpaired) electrons. The minimum atomic E-state index is 0.363. The Morgan fingerprint density at radius 1 is 1.36 bits per heavy atom. The van der Waals surface area contributed by atoms with Crippen LogP contribution in [0.5, 0.6) is 0 Å². The molecule has 0 spiro atoms. The molecule has 0 aromatic rings. The van der Waals surface area contributed by atoms with Crippen LogP contribution in [0, 0.1) is 5.92 Å². The van der Waals surface area contributed by atoms with Gasteiger partial charge in [0.05, 0.1) is 0 Å². The van der Waals surface area contributed by atoms with E-state index in [1.54, 1.807) is 0 Å². The molecule has 2 unspecified atom stereocenters. The first-order valence-corrected chi connectivity index (χ1v) is 5.98. The molecule has 1 aliphatic rings. The van der Waals surface area contributed by atoms with Crippen molar-refractivity contribution in [2.75, 3.05) is 19.6 Å². The zero-order chi connectivity index (χ0) is 10.8. The molecule has 1 rings (SSSR count). The fourth-order valence-electron chi connectivity index (χ4n) is 2.31. The maximum absolute atomic E-state index is 3.51. The molecule has 1 saturated heterocycles. The van der Waals surface area contributed by atoms with Crippen LogP contribution in [0.15, 0.2) is 0 Å². The molecule has 0 aromatic heterocycles. The first-order valence-electron chi connectivity index (χ1n) is 5.98. The minimum Gasteiger partial charge on any atom is -0.314 e. The lowest BCUT2D eigenvalue weighted by Crippen LogP contribution is -2.62. The monoisotopic (exact) mass is 198 g/mol. The summed E-state index contributed by atoms with van der Waals surface area (Å²) in [5, 5.41) is 3.51. The lowest BCUT2D eigenvalue weighted by atomic mass is 9.89. The van der Waals surface area contributed by atoms with Crippen molar-refractivity contribution in [1.82, 2.24) is 10.2 Å². The molecule has 14 heavy (non-hydrogen) atoms. The Balaban J connectivity index is 2.72. The van der Waals surface area contributed by atoms with Gasteiger partial charge in [-0.05, 0) is 26.2 Å². The smallest absolute Gasteiger partial charge is 0.0306 e. The SMILES string of the molecule is CCC1(C)CNCCN1C(C)C(C)C. The van der Waals surface area contributed by atoms with Gasteiger partial charge in [-0.25, -0.2) is 0 Å². The molecule has 2 heteroatoms. The van der Waals surface area contributed by atoms with E-state index in [0.29, 0.717) is 11.6 Å². The van der Waals surface area contributed by atoms with E-state index in [0.717, 1.165) is 19.0 Å². The zero-order valence-corrected chi connectivity index (χ0v) is 10.4. The third kappa shape index (κ3) is 2.29. The highest BCUT2D eigenvalue weighted by Crippen LogP contribution is 2.26. The van der Waals surface area contributed by atoms with Gasteiger partial charge in [-0.2, -0.15) is 0 Å². The van der Waals surface area contributed by atoms with Gasteiger partial charge in [-0.1, -0.05) is 20.8 Å². The topological polar surface area (TPSA) is 15.3 Å². The van der Waals surface area contributed by atoms with Gasteiger partial charge < -0.3 is 5.32 Å². The van der Waals surface area contributed by atoms with E-state index in [2.05, 4.69) is 44.8 Å². The Morgan fingerprint density at radius 2 is 2.00 bits per heavy atom. The lowest BCUT2D eigenvalue weighted by Gasteiger charge is -2.49. The largest absolute Gasteiger partial charge is 0.314 e. The average molecular weight is 198 g/mol. The maximum Gasteiger partial charge on any atom is 0.0306 e. The summed E-state index contributed by atoms with van der Waals surface area (Å²) < 4.78 is 0. The summed E-state index contributed by atoms with van der Waals surface area (Å²) in [5.41, 5.74) is 0.363. The number of rotatable bonds is 3. The second kappa shape index (κ2) is 4.63. The van der Waals surface area contributed by atoms with Crippen LogP contribution in [-0.4, -0.2) is 36.1 Å². The number of hydrogen-bond donors (Lipinski definition) is 1. The van der Waals surface area contributed by atoms with E-state index in [4.69, 9.17) is 0 Å². The highest BCUT2D eigenvalue weighted by atomic mass is 15.3. The van der Waals surface area contributed by atoms with Crippen molar-refractivity contribution < 1.29 is 0 Å². The van der Waals surface area contributed by atoms with Crippen molar-refractivity contribution in [3.05, 3.63) is 0 Å². The summed E-state index contributed by atoms with van der Waals surface area (Å²) in [6, 6.07) is 0.696. The molecule has 0 amide bonds. The van der Waals surface area contributed by atoms with Crippen LogP contribution in [0.25, 0.3) is 0 Å². The Labute approximate surface area is 89.1 Å². The number of hydrogen-bond acceptors (Lipinski definition) is 2. The highest BCUT2D eigenvalue weighted by molar-refractivity contribution is 4.94. The standard InChI is InChI=1S/C12H26N2/c1-6-12(5)9-13-7-8-14(12)11(4)10(2)3/h10-11,13H,6-9H2,1-5H3. The van der Waals surface area contributed by atoms with Crippen LogP contribution < -0.4 is 5.32 Å². The zero-order valence-electron chi connectivity index (χ0n) is 10.4. The van der Waals surface area contributed by atoms with Gasteiger partial charge in [0, 0.05) is 31.2 Å². The van der Waals surface area contributed by atoms with Crippen molar-refractivity contribution in [3.63, 3.8) is 0 Å². The summed E-state index contributed by atoms with van der Waals surface area (Å²) in [5.74, 6) is 0.749. The molecule has 0 aliphatic carbocycles. The molecule has 84 valence electrons. The molecule has 1 heterocycles. The van der Waals surface area contributed by atoms with E-state index in [1.165, 1.54) is 13.0 Å². The molecular formula is C12H26N2. The van der Waals surface area contributed by atoms with Crippen LogP contribution >= 0.6 is 0 Å². The maximum atomic E-state index is 3.51. The van der Waals surface area contributed by atoms with Gasteiger partial charge in [0.1, 0.15) is 0 Å². The first-order chi connectivity index (χ1) is 6.51. The van der Waals surface area contributed by atoms with Crippen LogP contribution in [-0.2, 0) is 0 Å².